The lowest BCUT2D eigenvalue weighted by atomic mass is 9.85. The van der Waals surface area contributed by atoms with Crippen LogP contribution in [-0.4, -0.2) is 66.4 Å². The minimum atomic E-state index is -0.809. The molecule has 22 heavy (non-hydrogen) atoms. The molecule has 0 radical (unpaired) electrons. The molecule has 1 aliphatic rings. The molecule has 0 saturated heterocycles. The number of aliphatic carboxylic acids is 1. The zero-order chi connectivity index (χ0) is 16.8. The summed E-state index contributed by atoms with van der Waals surface area (Å²) >= 11 is 0. The third kappa shape index (κ3) is 6.19. The second kappa shape index (κ2) is 8.33. The molecule has 1 aliphatic carbocycles. The van der Waals surface area contributed by atoms with Crippen LogP contribution in [0.25, 0.3) is 0 Å². The van der Waals surface area contributed by atoms with Crippen LogP contribution in [0.2, 0.25) is 0 Å². The molecule has 1 rings (SSSR count). The first-order valence-corrected chi connectivity index (χ1v) is 7.81. The van der Waals surface area contributed by atoms with E-state index in [4.69, 9.17) is 9.84 Å². The van der Waals surface area contributed by atoms with Gasteiger partial charge in [-0.25, -0.2) is 4.79 Å². The predicted molar refractivity (Wildman–Crippen MR) is 83.9 cm³/mol. The van der Waals surface area contributed by atoms with Gasteiger partial charge in [0.2, 0.25) is 0 Å². The van der Waals surface area contributed by atoms with Gasteiger partial charge in [0.1, 0.15) is 0 Å². The molecular weight excluding hydrogens is 286 g/mol. The van der Waals surface area contributed by atoms with Crippen molar-refractivity contribution in [3.8, 4) is 0 Å². The van der Waals surface area contributed by atoms with Crippen LogP contribution in [0.15, 0.2) is 0 Å². The first-order valence-electron chi connectivity index (χ1n) is 7.81. The van der Waals surface area contributed by atoms with Crippen LogP contribution < -0.4 is 10.6 Å². The Bertz CT molecular complexity index is 381. The summed E-state index contributed by atoms with van der Waals surface area (Å²) in [6.07, 6.45) is 2.34. The van der Waals surface area contributed by atoms with Crippen molar-refractivity contribution in [2.24, 2.45) is 0 Å². The second-order valence-corrected chi connectivity index (χ2v) is 6.50. The van der Waals surface area contributed by atoms with Crippen LogP contribution in [0.3, 0.4) is 0 Å². The van der Waals surface area contributed by atoms with Gasteiger partial charge in [0, 0.05) is 31.3 Å². The van der Waals surface area contributed by atoms with Crippen molar-refractivity contribution in [1.29, 1.82) is 0 Å². The lowest BCUT2D eigenvalue weighted by Crippen LogP contribution is -2.58. The molecule has 0 bridgehead atoms. The number of hydrogen-bond donors (Lipinski definition) is 3. The summed E-state index contributed by atoms with van der Waals surface area (Å²) in [6.45, 7) is 7.24. The standard InChI is InChI=1S/C15H29N3O4/c1-5-18(10-13(19)20)12-8-11(9-12)16-14(21)17-15(2,3)6-7-22-4/h11-12H,5-10H2,1-4H3,(H,19,20)(H2,16,17,21). The minimum Gasteiger partial charge on any atom is -0.480 e. The summed E-state index contributed by atoms with van der Waals surface area (Å²) < 4.78 is 5.03. The quantitative estimate of drug-likeness (QED) is 0.591. The van der Waals surface area contributed by atoms with E-state index >= 15 is 0 Å². The topological polar surface area (TPSA) is 90.9 Å². The number of amides is 2. The van der Waals surface area contributed by atoms with Gasteiger partial charge >= 0.3 is 12.0 Å². The van der Waals surface area contributed by atoms with Crippen molar-refractivity contribution in [2.45, 2.75) is 57.7 Å². The van der Waals surface area contributed by atoms with E-state index < -0.39 is 5.97 Å². The highest BCUT2D eigenvalue weighted by Crippen LogP contribution is 2.25. The first kappa shape index (κ1) is 18.7. The third-order valence-electron chi connectivity index (χ3n) is 4.09. The van der Waals surface area contributed by atoms with Crippen LogP contribution >= 0.6 is 0 Å². The van der Waals surface area contributed by atoms with Gasteiger partial charge < -0.3 is 20.5 Å². The molecule has 0 aromatic rings. The average molecular weight is 315 g/mol. The summed E-state index contributed by atoms with van der Waals surface area (Å²) in [4.78, 5) is 24.7. The SMILES string of the molecule is CCN(CC(=O)O)C1CC(NC(=O)NC(C)(C)CCOC)C1. The number of carboxylic acid groups (broad SMARTS) is 1. The van der Waals surface area contributed by atoms with Crippen LogP contribution in [0, 0.1) is 0 Å². The average Bonchev–Trinajstić information content (AvgIpc) is 2.37. The Morgan fingerprint density at radius 3 is 2.50 bits per heavy atom. The molecule has 128 valence electrons. The van der Waals surface area contributed by atoms with Gasteiger partial charge in [-0.15, -0.1) is 0 Å². The molecule has 7 nitrogen and oxygen atoms in total. The molecule has 0 unspecified atom stereocenters. The number of carbonyl (C=O) groups excluding carboxylic acids is 1. The van der Waals surface area contributed by atoms with Crippen molar-refractivity contribution >= 4 is 12.0 Å². The maximum absolute atomic E-state index is 12.0. The Kier molecular flexibility index (Phi) is 7.09. The van der Waals surface area contributed by atoms with E-state index in [0.29, 0.717) is 13.2 Å². The van der Waals surface area contributed by atoms with Crippen LogP contribution in [0.1, 0.15) is 40.0 Å². The minimum absolute atomic E-state index is 0.0597. The fourth-order valence-electron chi connectivity index (χ4n) is 2.63. The molecule has 0 aromatic heterocycles. The van der Waals surface area contributed by atoms with Crippen molar-refractivity contribution in [3.63, 3.8) is 0 Å². The van der Waals surface area contributed by atoms with E-state index in [1.165, 1.54) is 0 Å². The maximum atomic E-state index is 12.0. The highest BCUT2D eigenvalue weighted by atomic mass is 16.5. The second-order valence-electron chi connectivity index (χ2n) is 6.50. The summed E-state index contributed by atoms with van der Waals surface area (Å²) in [6, 6.07) is 0.185. The number of methoxy groups -OCH3 is 1. The van der Waals surface area contributed by atoms with Crippen molar-refractivity contribution < 1.29 is 19.4 Å². The molecule has 2 amide bonds. The zero-order valence-electron chi connectivity index (χ0n) is 14.0. The Hall–Kier alpha value is -1.34. The molecule has 1 saturated carbocycles. The molecule has 0 atom stereocenters. The van der Waals surface area contributed by atoms with Gasteiger partial charge in [0.25, 0.3) is 0 Å². The van der Waals surface area contributed by atoms with Gasteiger partial charge in [0.15, 0.2) is 0 Å². The van der Waals surface area contributed by atoms with E-state index in [-0.39, 0.29) is 30.2 Å². The van der Waals surface area contributed by atoms with E-state index in [9.17, 15) is 9.59 Å². The fraction of sp³-hybridized carbons (Fsp3) is 0.867. The van der Waals surface area contributed by atoms with Crippen LogP contribution in [0.4, 0.5) is 4.79 Å². The molecule has 3 N–H and O–H groups in total. The van der Waals surface area contributed by atoms with Crippen molar-refractivity contribution in [3.05, 3.63) is 0 Å². The normalized spacial score (nSPS) is 21.3. The van der Waals surface area contributed by atoms with E-state index in [0.717, 1.165) is 19.3 Å². The van der Waals surface area contributed by atoms with Gasteiger partial charge in [-0.05, 0) is 39.7 Å². The number of ether oxygens (including phenoxy) is 1. The zero-order valence-corrected chi connectivity index (χ0v) is 14.0. The smallest absolute Gasteiger partial charge is 0.317 e. The van der Waals surface area contributed by atoms with Crippen molar-refractivity contribution in [2.75, 3.05) is 26.8 Å². The monoisotopic (exact) mass is 315 g/mol. The summed E-state index contributed by atoms with van der Waals surface area (Å²) in [5.74, 6) is -0.809. The number of rotatable bonds is 9. The molecule has 0 spiro atoms. The Balaban J connectivity index is 2.30. The maximum Gasteiger partial charge on any atom is 0.317 e. The van der Waals surface area contributed by atoms with Crippen LogP contribution in [0.5, 0.6) is 0 Å². The number of urea groups is 1. The Labute approximate surface area is 132 Å². The number of hydrogen-bond acceptors (Lipinski definition) is 4. The van der Waals surface area contributed by atoms with Crippen molar-refractivity contribution in [1.82, 2.24) is 15.5 Å². The number of nitrogens with one attached hydrogen (secondary N) is 2. The van der Waals surface area contributed by atoms with Gasteiger partial charge in [0.05, 0.1) is 6.54 Å². The number of likely N-dealkylation sites (N-methyl/N-ethyl adjacent to an activating group) is 1. The van der Waals surface area contributed by atoms with Gasteiger partial charge in [-0.1, -0.05) is 6.92 Å². The molecule has 0 heterocycles. The first-order chi connectivity index (χ1) is 10.3. The summed E-state index contributed by atoms with van der Waals surface area (Å²) in [7, 11) is 1.64. The van der Waals surface area contributed by atoms with E-state index in [2.05, 4.69) is 10.6 Å². The molecular formula is C15H29N3O4. The predicted octanol–water partition coefficient (Wildman–Crippen LogP) is 1.04. The molecule has 7 heteroatoms. The summed E-state index contributed by atoms with van der Waals surface area (Å²) in [5.41, 5.74) is -0.317. The Morgan fingerprint density at radius 1 is 1.36 bits per heavy atom. The van der Waals surface area contributed by atoms with E-state index in [1.54, 1.807) is 7.11 Å². The van der Waals surface area contributed by atoms with Gasteiger partial charge in [-0.2, -0.15) is 0 Å². The molecule has 0 aromatic carbocycles. The number of nitrogens with zero attached hydrogens (tertiary/aromatic N) is 1. The number of carbonyl (C=O) groups is 2. The highest BCUT2D eigenvalue weighted by Gasteiger charge is 2.35. The van der Waals surface area contributed by atoms with E-state index in [1.807, 2.05) is 25.7 Å². The number of carboxylic acids is 1. The fourth-order valence-corrected chi connectivity index (χ4v) is 2.63. The lowest BCUT2D eigenvalue weighted by Gasteiger charge is -2.42. The lowest BCUT2D eigenvalue weighted by molar-refractivity contribution is -0.139. The largest absolute Gasteiger partial charge is 0.480 e. The van der Waals surface area contributed by atoms with Crippen LogP contribution in [-0.2, 0) is 9.53 Å². The Morgan fingerprint density at radius 2 is 2.00 bits per heavy atom. The third-order valence-corrected chi connectivity index (χ3v) is 4.09. The highest BCUT2D eigenvalue weighted by molar-refractivity contribution is 5.75. The summed E-state index contributed by atoms with van der Waals surface area (Å²) in [5, 5.41) is 14.8. The molecule has 0 aliphatic heterocycles. The van der Waals surface area contributed by atoms with Gasteiger partial charge in [-0.3, -0.25) is 9.69 Å². The molecule has 1 fully saturated rings.